The molecule has 2 aromatic carbocycles. The van der Waals surface area contributed by atoms with Gasteiger partial charge in [0, 0.05) is 30.8 Å². The minimum atomic E-state index is -4.89. The van der Waals surface area contributed by atoms with E-state index >= 15 is 0 Å². The summed E-state index contributed by atoms with van der Waals surface area (Å²) in [6.07, 6.45) is 1.81. The van der Waals surface area contributed by atoms with Crippen molar-refractivity contribution in [3.8, 4) is 18.4 Å². The zero-order chi connectivity index (χ0) is 21.1. The summed E-state index contributed by atoms with van der Waals surface area (Å²) in [5, 5.41) is 9.48. The summed E-state index contributed by atoms with van der Waals surface area (Å²) in [6, 6.07) is 15.7. The minimum Gasteiger partial charge on any atom is -0.359 e. The highest BCUT2D eigenvalue weighted by Crippen LogP contribution is 2.45. The molecule has 0 saturated carbocycles. The van der Waals surface area contributed by atoms with Gasteiger partial charge in [0.2, 0.25) is 0 Å². The fourth-order valence-corrected chi connectivity index (χ4v) is 3.21. The van der Waals surface area contributed by atoms with Gasteiger partial charge in [0.1, 0.15) is 6.79 Å². The Labute approximate surface area is 166 Å². The molecule has 0 aliphatic rings. The van der Waals surface area contributed by atoms with Gasteiger partial charge in [-0.2, -0.15) is 18.4 Å². The molecule has 1 heterocycles. The first kappa shape index (κ1) is 20.5. The molecule has 0 bridgehead atoms. The van der Waals surface area contributed by atoms with E-state index in [0.717, 1.165) is 5.56 Å². The lowest BCUT2D eigenvalue weighted by Crippen LogP contribution is -2.44. The Morgan fingerprint density at radius 3 is 2.45 bits per heavy atom. The van der Waals surface area contributed by atoms with Crippen LogP contribution in [-0.2, 0) is 21.6 Å². The van der Waals surface area contributed by atoms with Gasteiger partial charge in [-0.05, 0) is 17.7 Å². The van der Waals surface area contributed by atoms with Crippen molar-refractivity contribution >= 4 is 10.9 Å². The molecule has 7 heteroatoms. The number of aromatic nitrogens is 1. The van der Waals surface area contributed by atoms with Crippen molar-refractivity contribution in [3.63, 3.8) is 0 Å². The highest BCUT2D eigenvalue weighted by atomic mass is 19.4. The average molecular weight is 398 g/mol. The van der Waals surface area contributed by atoms with Crippen molar-refractivity contribution in [3.05, 3.63) is 71.4 Å². The second kappa shape index (κ2) is 8.00. The largest absolute Gasteiger partial charge is 0.433 e. The third kappa shape index (κ3) is 3.71. The van der Waals surface area contributed by atoms with E-state index < -0.39 is 18.6 Å². The van der Waals surface area contributed by atoms with Crippen LogP contribution in [0.5, 0.6) is 0 Å². The summed E-state index contributed by atoms with van der Waals surface area (Å²) in [5.41, 5.74) is -1.55. The maximum Gasteiger partial charge on any atom is 0.433 e. The Balaban J connectivity index is 2.27. The van der Waals surface area contributed by atoms with Gasteiger partial charge in [-0.15, -0.1) is 6.42 Å². The van der Waals surface area contributed by atoms with Crippen molar-refractivity contribution in [2.75, 3.05) is 13.9 Å². The number of rotatable bonds is 6. The van der Waals surface area contributed by atoms with E-state index in [4.69, 9.17) is 15.9 Å². The smallest absolute Gasteiger partial charge is 0.359 e. The topological polar surface area (TPSA) is 47.2 Å². The lowest BCUT2D eigenvalue weighted by atomic mass is 9.93. The predicted molar refractivity (Wildman–Crippen MR) is 102 cm³/mol. The Hall–Kier alpha value is -3.26. The Bertz CT molecular complexity index is 1090. The van der Waals surface area contributed by atoms with Crippen LogP contribution in [0.1, 0.15) is 16.7 Å². The molecular formula is C22H17F3N2O2. The molecule has 1 unspecified atom stereocenters. The highest BCUT2D eigenvalue weighted by molar-refractivity contribution is 5.87. The van der Waals surface area contributed by atoms with Gasteiger partial charge in [0.05, 0.1) is 17.1 Å². The molecule has 3 aromatic rings. The van der Waals surface area contributed by atoms with E-state index in [9.17, 15) is 18.4 Å². The lowest BCUT2D eigenvalue weighted by molar-refractivity contribution is -0.277. The number of ether oxygens (including phenoxy) is 2. The second-order valence-electron chi connectivity index (χ2n) is 6.37. The zero-order valence-electron chi connectivity index (χ0n) is 15.5. The fraction of sp³-hybridized carbons (Fsp3) is 0.227. The first-order valence-electron chi connectivity index (χ1n) is 8.61. The van der Waals surface area contributed by atoms with E-state index in [2.05, 4.69) is 0 Å². The van der Waals surface area contributed by atoms with Crippen LogP contribution in [0, 0.1) is 23.7 Å². The van der Waals surface area contributed by atoms with Gasteiger partial charge >= 0.3 is 6.18 Å². The van der Waals surface area contributed by atoms with Gasteiger partial charge in [0.15, 0.2) is 0 Å². The van der Waals surface area contributed by atoms with Gasteiger partial charge in [-0.25, -0.2) is 0 Å². The van der Waals surface area contributed by atoms with Crippen molar-refractivity contribution in [1.29, 1.82) is 5.26 Å². The van der Waals surface area contributed by atoms with Crippen molar-refractivity contribution in [2.45, 2.75) is 18.3 Å². The first-order valence-corrected chi connectivity index (χ1v) is 8.61. The number of methoxy groups -OCH3 is 1. The van der Waals surface area contributed by atoms with Gasteiger partial charge < -0.3 is 14.0 Å². The molecule has 148 valence electrons. The summed E-state index contributed by atoms with van der Waals surface area (Å²) >= 11 is 0. The molecule has 0 fully saturated rings. The molecule has 1 aromatic heterocycles. The molecule has 0 radical (unpaired) electrons. The van der Waals surface area contributed by atoms with Crippen LogP contribution < -0.4 is 0 Å². The van der Waals surface area contributed by atoms with E-state index in [0.29, 0.717) is 17.6 Å². The average Bonchev–Trinajstić information content (AvgIpc) is 3.06. The van der Waals surface area contributed by atoms with E-state index in [1.807, 2.05) is 36.4 Å². The van der Waals surface area contributed by atoms with Crippen LogP contribution in [0.3, 0.4) is 0 Å². The molecule has 0 aliphatic heterocycles. The monoisotopic (exact) mass is 398 g/mol. The second-order valence-corrected chi connectivity index (χ2v) is 6.37. The van der Waals surface area contributed by atoms with Crippen LogP contribution in [0.2, 0.25) is 0 Å². The molecular weight excluding hydrogens is 381 g/mol. The van der Waals surface area contributed by atoms with Crippen LogP contribution in [0.25, 0.3) is 10.9 Å². The van der Waals surface area contributed by atoms with Crippen LogP contribution in [-0.4, -0.2) is 24.6 Å². The molecule has 0 aliphatic carbocycles. The molecule has 0 amide bonds. The number of benzene rings is 2. The van der Waals surface area contributed by atoms with Crippen LogP contribution >= 0.6 is 0 Å². The number of terminal acetylenes is 1. The normalized spacial score (nSPS) is 13.6. The molecule has 1 atom stereocenters. The Kier molecular flexibility index (Phi) is 5.65. The number of nitriles is 1. The first-order chi connectivity index (χ1) is 13.9. The molecule has 0 spiro atoms. The van der Waals surface area contributed by atoms with Crippen molar-refractivity contribution < 1.29 is 22.6 Å². The maximum atomic E-state index is 14.1. The minimum absolute atomic E-state index is 0.222. The fourth-order valence-electron chi connectivity index (χ4n) is 3.21. The van der Waals surface area contributed by atoms with Crippen LogP contribution in [0.4, 0.5) is 13.2 Å². The molecule has 4 nitrogen and oxygen atoms in total. The zero-order valence-corrected chi connectivity index (χ0v) is 15.5. The number of fused-ring (bicyclic) bond motifs is 1. The summed E-state index contributed by atoms with van der Waals surface area (Å²) in [4.78, 5) is 0. The summed E-state index contributed by atoms with van der Waals surface area (Å²) < 4.78 is 53.7. The van der Waals surface area contributed by atoms with E-state index in [1.165, 1.54) is 31.5 Å². The molecule has 29 heavy (non-hydrogen) atoms. The standard InChI is InChI=1S/C22H17F3N2O2/c1-3-21(22(23,24)25,29-15-28-2)19-14-27(13-16-7-5-4-6-8-16)20-11-17(12-26)9-10-18(19)20/h1,4-11,14H,13,15H2,2H3. The number of hydrogen-bond donors (Lipinski definition) is 0. The van der Waals surface area contributed by atoms with Crippen molar-refractivity contribution in [1.82, 2.24) is 4.57 Å². The number of nitrogens with zero attached hydrogens (tertiary/aromatic N) is 2. The highest BCUT2D eigenvalue weighted by Gasteiger charge is 2.58. The Morgan fingerprint density at radius 2 is 1.86 bits per heavy atom. The number of halogens is 3. The summed E-state index contributed by atoms with van der Waals surface area (Å²) in [7, 11) is 1.22. The number of hydrogen-bond acceptors (Lipinski definition) is 3. The van der Waals surface area contributed by atoms with Gasteiger partial charge in [-0.1, -0.05) is 42.3 Å². The maximum absolute atomic E-state index is 14.1. The third-order valence-electron chi connectivity index (χ3n) is 4.58. The van der Waals surface area contributed by atoms with Gasteiger partial charge in [0.25, 0.3) is 5.60 Å². The third-order valence-corrected chi connectivity index (χ3v) is 4.58. The Morgan fingerprint density at radius 1 is 1.14 bits per heavy atom. The lowest BCUT2D eigenvalue weighted by Gasteiger charge is -2.30. The van der Waals surface area contributed by atoms with E-state index in [-0.39, 0.29) is 10.9 Å². The summed E-state index contributed by atoms with van der Waals surface area (Å²) in [6.45, 7) is -0.333. The molecule has 0 N–H and O–H groups in total. The molecule has 3 rings (SSSR count). The van der Waals surface area contributed by atoms with Crippen LogP contribution in [0.15, 0.2) is 54.7 Å². The number of alkyl halides is 3. The van der Waals surface area contributed by atoms with E-state index in [1.54, 1.807) is 10.5 Å². The quantitative estimate of drug-likeness (QED) is 0.451. The summed E-state index contributed by atoms with van der Waals surface area (Å²) in [5.74, 6) is 1.80. The van der Waals surface area contributed by atoms with Gasteiger partial charge in [-0.3, -0.25) is 0 Å². The predicted octanol–water partition coefficient (Wildman–Crippen LogP) is 4.57. The molecule has 0 saturated heterocycles. The van der Waals surface area contributed by atoms with Crippen molar-refractivity contribution in [2.24, 2.45) is 0 Å². The SMILES string of the molecule is C#CC(OCOC)(c1cn(Cc2ccccc2)c2cc(C#N)ccc12)C(F)(F)F.